The molecule has 2 heterocycles. The number of nitriles is 1. The van der Waals surface area contributed by atoms with Gasteiger partial charge in [0.2, 0.25) is 15.0 Å². The van der Waals surface area contributed by atoms with Gasteiger partial charge in [0.1, 0.15) is 16.9 Å². The van der Waals surface area contributed by atoms with E-state index in [2.05, 4.69) is 9.97 Å². The van der Waals surface area contributed by atoms with Crippen molar-refractivity contribution in [3.05, 3.63) is 11.8 Å². The third-order valence-corrected chi connectivity index (χ3v) is 5.22. The Labute approximate surface area is 124 Å². The summed E-state index contributed by atoms with van der Waals surface area (Å²) in [6.07, 6.45) is 2.85. The normalized spacial score (nSPS) is 19.1. The van der Waals surface area contributed by atoms with Crippen molar-refractivity contribution >= 4 is 43.2 Å². The first-order chi connectivity index (χ1) is 9.36. The second-order valence-corrected chi connectivity index (χ2v) is 7.69. The highest BCUT2D eigenvalue weighted by Crippen LogP contribution is 2.28. The molecule has 1 aromatic heterocycles. The number of aromatic nitrogens is 2. The third kappa shape index (κ3) is 2.87. The van der Waals surface area contributed by atoms with Crippen LogP contribution in [0.25, 0.3) is 0 Å². The first-order valence-corrected chi connectivity index (χ1v) is 9.01. The van der Waals surface area contributed by atoms with E-state index < -0.39 is 20.2 Å². The Morgan fingerprint density at radius 1 is 1.60 bits per heavy atom. The third-order valence-electron chi connectivity index (χ3n) is 2.79. The van der Waals surface area contributed by atoms with Crippen LogP contribution in [0.2, 0.25) is 0 Å². The number of hydrogen-bond donors (Lipinski definition) is 0. The molecule has 0 aromatic carbocycles. The summed E-state index contributed by atoms with van der Waals surface area (Å²) in [5.74, 6) is -0.304. The first kappa shape index (κ1) is 15.0. The molecular weight excluding hydrogens is 324 g/mol. The monoisotopic (exact) mass is 332 g/mol. The van der Waals surface area contributed by atoms with Crippen molar-refractivity contribution in [2.45, 2.75) is 16.8 Å². The molecule has 1 aliphatic rings. The molecule has 1 fully saturated rings. The van der Waals surface area contributed by atoms with Gasteiger partial charge in [-0.05, 0) is 6.26 Å². The molecule has 0 spiro atoms. The number of anilines is 1. The predicted molar refractivity (Wildman–Crippen MR) is 74.1 cm³/mol. The van der Waals surface area contributed by atoms with E-state index in [4.69, 9.17) is 15.9 Å². The number of hydrogen-bond acceptors (Lipinski definition) is 7. The molecule has 2 rings (SSSR count). The van der Waals surface area contributed by atoms with Gasteiger partial charge in [-0.1, -0.05) is 11.8 Å². The smallest absolute Gasteiger partial charge is 0.237 e. The number of nitrogens with zero attached hydrogens (tertiary/aromatic N) is 4. The molecule has 1 amide bonds. The average Bonchev–Trinajstić information content (AvgIpc) is 2.80. The largest absolute Gasteiger partial charge is 0.294 e. The van der Waals surface area contributed by atoms with Crippen molar-refractivity contribution in [2.75, 3.05) is 17.7 Å². The fraction of sp³-hybridized carbons (Fsp3) is 0.400. The molecule has 1 aliphatic heterocycles. The van der Waals surface area contributed by atoms with Crippen molar-refractivity contribution in [3.63, 3.8) is 0 Å². The summed E-state index contributed by atoms with van der Waals surface area (Å²) >= 11 is 1.25. The van der Waals surface area contributed by atoms with Crippen LogP contribution in [0.5, 0.6) is 0 Å². The van der Waals surface area contributed by atoms with Gasteiger partial charge in [-0.25, -0.2) is 18.4 Å². The van der Waals surface area contributed by atoms with Crippen LogP contribution in [0.1, 0.15) is 12.0 Å². The lowest BCUT2D eigenvalue weighted by atomic mass is 10.3. The average molecular weight is 333 g/mol. The highest BCUT2D eigenvalue weighted by molar-refractivity contribution is 8.14. The van der Waals surface area contributed by atoms with Gasteiger partial charge in [-0.2, -0.15) is 5.26 Å². The van der Waals surface area contributed by atoms with E-state index in [1.807, 2.05) is 6.07 Å². The maximum atomic E-state index is 11.9. The minimum atomic E-state index is -3.83. The van der Waals surface area contributed by atoms with Crippen molar-refractivity contribution in [1.29, 1.82) is 5.26 Å². The molecule has 1 atom stereocenters. The maximum Gasteiger partial charge on any atom is 0.237 e. The molecule has 1 saturated heterocycles. The Morgan fingerprint density at radius 3 is 2.80 bits per heavy atom. The summed E-state index contributed by atoms with van der Waals surface area (Å²) in [6, 6.07) is 1.89. The zero-order valence-corrected chi connectivity index (χ0v) is 12.7. The molecule has 7 nitrogen and oxygen atoms in total. The highest BCUT2D eigenvalue weighted by Gasteiger charge is 2.39. The topological polar surface area (TPSA) is 104 Å². The Balaban J connectivity index is 2.42. The number of rotatable bonds is 3. The highest BCUT2D eigenvalue weighted by atomic mass is 35.7. The number of thioether (sulfide) groups is 1. The minimum Gasteiger partial charge on any atom is -0.294 e. The second-order valence-electron chi connectivity index (χ2n) is 4.01. The summed E-state index contributed by atoms with van der Waals surface area (Å²) in [7, 11) is 1.45. The zero-order valence-electron chi connectivity index (χ0n) is 10.3. The fourth-order valence-electron chi connectivity index (χ4n) is 1.81. The summed E-state index contributed by atoms with van der Waals surface area (Å²) < 4.78 is 22.6. The number of carbonyl (C=O) groups excluding carboxylic acids is 1. The standard InChI is InChI=1S/C10H9ClN4O3S2/c1-19-10-13-4-6(3-12)9(14-10)15-5-7(2-8(15)16)20(11,17)18/h4,7H,2,5H2,1H3. The fourth-order valence-corrected chi connectivity index (χ4v) is 3.17. The Kier molecular flexibility index (Phi) is 4.17. The predicted octanol–water partition coefficient (Wildman–Crippen LogP) is 0.744. The Morgan fingerprint density at radius 2 is 2.30 bits per heavy atom. The first-order valence-electron chi connectivity index (χ1n) is 5.41. The van der Waals surface area contributed by atoms with E-state index in [1.165, 1.54) is 22.9 Å². The molecule has 0 aliphatic carbocycles. The van der Waals surface area contributed by atoms with Gasteiger partial charge < -0.3 is 0 Å². The van der Waals surface area contributed by atoms with Gasteiger partial charge in [-0.15, -0.1) is 0 Å². The van der Waals surface area contributed by atoms with Crippen LogP contribution < -0.4 is 4.90 Å². The van der Waals surface area contributed by atoms with Gasteiger partial charge in [-0.3, -0.25) is 9.69 Å². The van der Waals surface area contributed by atoms with E-state index in [0.29, 0.717) is 5.16 Å². The van der Waals surface area contributed by atoms with Gasteiger partial charge >= 0.3 is 0 Å². The zero-order chi connectivity index (χ0) is 14.9. The van der Waals surface area contributed by atoms with E-state index in [1.54, 1.807) is 6.26 Å². The summed E-state index contributed by atoms with van der Waals surface area (Å²) in [5, 5.41) is 8.44. The molecular formula is C10H9ClN4O3S2. The van der Waals surface area contributed by atoms with Crippen LogP contribution in [-0.2, 0) is 13.8 Å². The van der Waals surface area contributed by atoms with E-state index in [9.17, 15) is 13.2 Å². The molecule has 10 heteroatoms. The number of carbonyl (C=O) groups is 1. The molecule has 1 aromatic rings. The maximum absolute atomic E-state index is 11.9. The minimum absolute atomic E-state index is 0.107. The quantitative estimate of drug-likeness (QED) is 0.457. The van der Waals surface area contributed by atoms with Crippen molar-refractivity contribution in [1.82, 2.24) is 9.97 Å². The molecule has 20 heavy (non-hydrogen) atoms. The number of amides is 1. The molecule has 0 N–H and O–H groups in total. The SMILES string of the molecule is CSc1ncc(C#N)c(N2CC(S(=O)(=O)Cl)CC2=O)n1. The van der Waals surface area contributed by atoms with Crippen molar-refractivity contribution < 1.29 is 13.2 Å². The second kappa shape index (κ2) is 5.55. The van der Waals surface area contributed by atoms with Gasteiger partial charge in [0.15, 0.2) is 11.0 Å². The summed E-state index contributed by atoms with van der Waals surface area (Å²) in [5.41, 5.74) is 0.115. The van der Waals surface area contributed by atoms with E-state index >= 15 is 0 Å². The van der Waals surface area contributed by atoms with Crippen LogP contribution in [0.4, 0.5) is 5.82 Å². The van der Waals surface area contributed by atoms with Gasteiger partial charge in [0.25, 0.3) is 0 Å². The van der Waals surface area contributed by atoms with Gasteiger partial charge in [0.05, 0.1) is 6.20 Å². The van der Waals surface area contributed by atoms with E-state index in [0.717, 1.165) is 0 Å². The van der Waals surface area contributed by atoms with Crippen LogP contribution in [0.15, 0.2) is 11.4 Å². The lowest BCUT2D eigenvalue weighted by Crippen LogP contribution is -2.28. The molecule has 1 unspecified atom stereocenters. The van der Waals surface area contributed by atoms with Crippen LogP contribution in [0, 0.1) is 11.3 Å². The van der Waals surface area contributed by atoms with Crippen molar-refractivity contribution in [2.24, 2.45) is 0 Å². The van der Waals surface area contributed by atoms with Crippen molar-refractivity contribution in [3.8, 4) is 6.07 Å². The van der Waals surface area contributed by atoms with E-state index in [-0.39, 0.29) is 24.3 Å². The van der Waals surface area contributed by atoms with Crippen LogP contribution in [-0.4, -0.2) is 42.3 Å². The van der Waals surface area contributed by atoms with Crippen LogP contribution >= 0.6 is 22.4 Å². The molecule has 0 radical (unpaired) electrons. The summed E-state index contributed by atoms with van der Waals surface area (Å²) in [6.45, 7) is -0.107. The Bertz CT molecular complexity index is 701. The summed E-state index contributed by atoms with van der Waals surface area (Å²) in [4.78, 5) is 21.1. The lowest BCUT2D eigenvalue weighted by molar-refractivity contribution is -0.117. The van der Waals surface area contributed by atoms with Gasteiger partial charge in [0, 0.05) is 23.6 Å². The Hall–Kier alpha value is -1.37. The molecule has 106 valence electrons. The number of halogens is 1. The van der Waals surface area contributed by atoms with Crippen LogP contribution in [0.3, 0.4) is 0 Å². The molecule has 0 saturated carbocycles. The lowest BCUT2D eigenvalue weighted by Gasteiger charge is -2.16. The molecule has 0 bridgehead atoms.